The summed E-state index contributed by atoms with van der Waals surface area (Å²) in [4.78, 5) is 18.5. The molecule has 172 valence electrons. The zero-order valence-electron chi connectivity index (χ0n) is 19.2. The smallest absolute Gasteiger partial charge is 0.194 e. The van der Waals surface area contributed by atoms with Crippen LogP contribution in [-0.2, 0) is 6.54 Å². The van der Waals surface area contributed by atoms with E-state index in [9.17, 15) is 4.39 Å². The van der Waals surface area contributed by atoms with E-state index >= 15 is 0 Å². The Bertz CT molecular complexity index is 885. The number of benzene rings is 1. The van der Waals surface area contributed by atoms with Gasteiger partial charge in [0.2, 0.25) is 0 Å². The maximum atomic E-state index is 13.2. The minimum Gasteiger partial charge on any atom is -0.368 e. The lowest BCUT2D eigenvalue weighted by atomic mass is 10.2. The molecular weight excluding hydrogens is 405 g/mol. The van der Waals surface area contributed by atoms with Gasteiger partial charge in [0.15, 0.2) is 5.96 Å². The maximum absolute atomic E-state index is 13.2. The summed E-state index contributed by atoms with van der Waals surface area (Å²) in [5, 5.41) is 3.52. The fourth-order valence-corrected chi connectivity index (χ4v) is 4.38. The van der Waals surface area contributed by atoms with Crippen LogP contribution in [0.15, 0.2) is 47.6 Å². The second kappa shape index (κ2) is 10.6. The Morgan fingerprint density at radius 2 is 1.66 bits per heavy atom. The third kappa shape index (κ3) is 5.48. The number of hydrogen-bond acceptors (Lipinski definition) is 5. The van der Waals surface area contributed by atoms with E-state index in [4.69, 9.17) is 0 Å². The van der Waals surface area contributed by atoms with Crippen LogP contribution < -0.4 is 15.1 Å². The van der Waals surface area contributed by atoms with Gasteiger partial charge in [0.1, 0.15) is 11.6 Å². The van der Waals surface area contributed by atoms with Crippen molar-refractivity contribution in [3.05, 3.63) is 54.0 Å². The number of likely N-dealkylation sites (N-methyl/N-ethyl adjacent to an activating group) is 1. The zero-order chi connectivity index (χ0) is 22.3. The fraction of sp³-hybridized carbons (Fsp3) is 0.500. The van der Waals surface area contributed by atoms with Crippen molar-refractivity contribution in [1.82, 2.24) is 20.1 Å². The summed E-state index contributed by atoms with van der Waals surface area (Å²) in [6.45, 7) is 11.8. The second-order valence-corrected chi connectivity index (χ2v) is 8.29. The molecule has 2 fully saturated rings. The number of hydrogen-bond donors (Lipinski definition) is 1. The number of nitrogens with one attached hydrogen (secondary N) is 1. The Labute approximate surface area is 190 Å². The number of halogens is 1. The van der Waals surface area contributed by atoms with Crippen molar-refractivity contribution >= 4 is 17.5 Å². The maximum Gasteiger partial charge on any atom is 0.194 e. The third-order valence-electron chi connectivity index (χ3n) is 6.39. The Balaban J connectivity index is 1.29. The average molecular weight is 440 g/mol. The van der Waals surface area contributed by atoms with Gasteiger partial charge in [-0.25, -0.2) is 9.37 Å². The summed E-state index contributed by atoms with van der Waals surface area (Å²) in [7, 11) is 1.83. The van der Waals surface area contributed by atoms with Crippen molar-refractivity contribution < 1.29 is 4.39 Å². The molecule has 0 saturated carbocycles. The van der Waals surface area contributed by atoms with Crippen LogP contribution in [0, 0.1) is 5.82 Å². The molecule has 0 spiro atoms. The monoisotopic (exact) mass is 439 g/mol. The molecule has 1 aromatic carbocycles. The Hall–Kier alpha value is -2.87. The molecule has 3 heterocycles. The predicted molar refractivity (Wildman–Crippen MR) is 129 cm³/mol. The topological polar surface area (TPSA) is 50.2 Å². The number of nitrogens with zero attached hydrogens (tertiary/aromatic N) is 6. The molecule has 4 rings (SSSR count). The summed E-state index contributed by atoms with van der Waals surface area (Å²) < 4.78 is 13.2. The molecule has 0 atom stereocenters. The molecule has 7 nitrogen and oxygen atoms in total. The molecule has 2 aromatic rings. The highest BCUT2D eigenvalue weighted by Gasteiger charge is 2.20. The van der Waals surface area contributed by atoms with Crippen molar-refractivity contribution in [2.45, 2.75) is 13.5 Å². The number of aromatic nitrogens is 1. The van der Waals surface area contributed by atoms with Crippen LogP contribution in [0.3, 0.4) is 0 Å². The first-order chi connectivity index (χ1) is 15.7. The summed E-state index contributed by atoms with van der Waals surface area (Å²) in [5.74, 6) is 1.78. The van der Waals surface area contributed by atoms with E-state index in [1.54, 1.807) is 0 Å². The number of pyridine rings is 1. The van der Waals surface area contributed by atoms with Crippen LogP contribution in [0.25, 0.3) is 0 Å². The van der Waals surface area contributed by atoms with Crippen LogP contribution in [-0.4, -0.2) is 86.7 Å². The first-order valence-corrected chi connectivity index (χ1v) is 11.5. The minimum atomic E-state index is -0.195. The molecule has 32 heavy (non-hydrogen) atoms. The quantitative estimate of drug-likeness (QED) is 0.570. The minimum absolute atomic E-state index is 0.195. The molecule has 0 unspecified atom stereocenters. The lowest BCUT2D eigenvalue weighted by Gasteiger charge is -2.37. The number of piperazine rings is 2. The van der Waals surface area contributed by atoms with E-state index < -0.39 is 0 Å². The van der Waals surface area contributed by atoms with E-state index in [1.807, 2.05) is 25.4 Å². The number of anilines is 2. The summed E-state index contributed by atoms with van der Waals surface area (Å²) in [6, 6.07) is 11.0. The summed E-state index contributed by atoms with van der Waals surface area (Å²) in [6.07, 6.45) is 1.91. The van der Waals surface area contributed by atoms with Gasteiger partial charge in [-0.1, -0.05) is 6.92 Å². The van der Waals surface area contributed by atoms with E-state index in [0.29, 0.717) is 0 Å². The zero-order valence-corrected chi connectivity index (χ0v) is 19.2. The van der Waals surface area contributed by atoms with Gasteiger partial charge < -0.3 is 24.9 Å². The normalized spacial score (nSPS) is 18.2. The van der Waals surface area contributed by atoms with Gasteiger partial charge in [-0.3, -0.25) is 4.99 Å². The largest absolute Gasteiger partial charge is 0.368 e. The lowest BCUT2D eigenvalue weighted by Crippen LogP contribution is -2.52. The fourth-order valence-electron chi connectivity index (χ4n) is 4.38. The Morgan fingerprint density at radius 1 is 0.969 bits per heavy atom. The molecule has 0 aliphatic carbocycles. The standard InChI is InChI=1S/C24H34FN7/c1-3-29-10-12-31(13-11-29)23-18-20(8-9-27-23)19-28-24(26-2)32-16-14-30(15-17-32)22-6-4-21(25)5-7-22/h4-9,18H,3,10-17,19H2,1-2H3,(H,26,28). The molecule has 2 aliphatic rings. The molecule has 1 aromatic heterocycles. The number of rotatable bonds is 5. The molecule has 0 bridgehead atoms. The van der Waals surface area contributed by atoms with Gasteiger partial charge in [0, 0.05) is 77.8 Å². The first-order valence-electron chi connectivity index (χ1n) is 11.5. The van der Waals surface area contributed by atoms with Gasteiger partial charge >= 0.3 is 0 Å². The average Bonchev–Trinajstić information content (AvgIpc) is 2.85. The second-order valence-electron chi connectivity index (χ2n) is 8.29. The van der Waals surface area contributed by atoms with Crippen LogP contribution in [0.5, 0.6) is 0 Å². The van der Waals surface area contributed by atoms with Gasteiger partial charge in [-0.05, 0) is 48.5 Å². The highest BCUT2D eigenvalue weighted by atomic mass is 19.1. The van der Waals surface area contributed by atoms with Crippen LogP contribution in [0.2, 0.25) is 0 Å². The van der Waals surface area contributed by atoms with Crippen molar-refractivity contribution in [1.29, 1.82) is 0 Å². The van der Waals surface area contributed by atoms with E-state index in [1.165, 1.54) is 17.7 Å². The van der Waals surface area contributed by atoms with Crippen molar-refractivity contribution in [2.24, 2.45) is 4.99 Å². The highest BCUT2D eigenvalue weighted by Crippen LogP contribution is 2.18. The molecule has 0 amide bonds. The van der Waals surface area contributed by atoms with Crippen LogP contribution in [0.1, 0.15) is 12.5 Å². The van der Waals surface area contributed by atoms with E-state index in [0.717, 1.165) is 82.9 Å². The summed E-state index contributed by atoms with van der Waals surface area (Å²) >= 11 is 0. The third-order valence-corrected chi connectivity index (χ3v) is 6.39. The molecule has 1 N–H and O–H groups in total. The predicted octanol–water partition coefficient (Wildman–Crippen LogP) is 2.26. The van der Waals surface area contributed by atoms with Crippen molar-refractivity contribution in [3.63, 3.8) is 0 Å². The first kappa shape index (κ1) is 22.3. The molecule has 8 heteroatoms. The van der Waals surface area contributed by atoms with E-state index in [-0.39, 0.29) is 5.82 Å². The van der Waals surface area contributed by atoms with Crippen molar-refractivity contribution in [3.8, 4) is 0 Å². The van der Waals surface area contributed by atoms with E-state index in [2.05, 4.69) is 53.9 Å². The number of guanidine groups is 1. The highest BCUT2D eigenvalue weighted by molar-refractivity contribution is 5.80. The van der Waals surface area contributed by atoms with Crippen molar-refractivity contribution in [2.75, 3.05) is 75.8 Å². The van der Waals surface area contributed by atoms with Crippen LogP contribution >= 0.6 is 0 Å². The van der Waals surface area contributed by atoms with Gasteiger partial charge in [-0.15, -0.1) is 0 Å². The molecule has 2 aliphatic heterocycles. The van der Waals surface area contributed by atoms with Gasteiger partial charge in [-0.2, -0.15) is 0 Å². The lowest BCUT2D eigenvalue weighted by molar-refractivity contribution is 0.270. The Morgan fingerprint density at radius 3 is 2.31 bits per heavy atom. The van der Waals surface area contributed by atoms with Gasteiger partial charge in [0.25, 0.3) is 0 Å². The number of aliphatic imine (C=N–C) groups is 1. The molecule has 0 radical (unpaired) electrons. The van der Waals surface area contributed by atoms with Crippen LogP contribution in [0.4, 0.5) is 15.9 Å². The molecule has 2 saturated heterocycles. The molecular formula is C24H34FN7. The SMILES string of the molecule is CCN1CCN(c2cc(CNC(=NC)N3CCN(c4ccc(F)cc4)CC3)ccn2)CC1. The summed E-state index contributed by atoms with van der Waals surface area (Å²) in [5.41, 5.74) is 2.28. The Kier molecular flexibility index (Phi) is 7.42. The van der Waals surface area contributed by atoms with Gasteiger partial charge in [0.05, 0.1) is 0 Å².